The standard InChI is InChI=1S/C19H25N/c1-4-15-19(5-2,16-9-7-6-8-10-16)17-11-13-18(20-3)14-12-17/h6-14,20H,4-5,15H2,1-3H3. The normalized spacial score (nSPS) is 13.8. The van der Waals surface area contributed by atoms with Gasteiger partial charge < -0.3 is 5.32 Å². The number of rotatable bonds is 6. The summed E-state index contributed by atoms with van der Waals surface area (Å²) in [7, 11) is 1.96. The molecule has 0 bridgehead atoms. The summed E-state index contributed by atoms with van der Waals surface area (Å²) < 4.78 is 0. The van der Waals surface area contributed by atoms with E-state index in [9.17, 15) is 0 Å². The highest BCUT2D eigenvalue weighted by Gasteiger charge is 2.31. The molecule has 1 nitrogen and oxygen atoms in total. The molecule has 2 aromatic carbocycles. The maximum Gasteiger partial charge on any atom is 0.0337 e. The van der Waals surface area contributed by atoms with Gasteiger partial charge >= 0.3 is 0 Å². The fraction of sp³-hybridized carbons (Fsp3) is 0.368. The second kappa shape index (κ2) is 6.60. The Morgan fingerprint density at radius 3 is 1.95 bits per heavy atom. The van der Waals surface area contributed by atoms with Gasteiger partial charge in [0.2, 0.25) is 0 Å². The lowest BCUT2D eigenvalue weighted by Gasteiger charge is -2.34. The highest BCUT2D eigenvalue weighted by Crippen LogP contribution is 2.40. The topological polar surface area (TPSA) is 12.0 Å². The Balaban J connectivity index is 2.50. The van der Waals surface area contributed by atoms with Crippen LogP contribution >= 0.6 is 0 Å². The zero-order valence-electron chi connectivity index (χ0n) is 12.8. The van der Waals surface area contributed by atoms with E-state index in [1.54, 1.807) is 0 Å². The predicted molar refractivity (Wildman–Crippen MR) is 88.4 cm³/mol. The van der Waals surface area contributed by atoms with Crippen LogP contribution in [0.3, 0.4) is 0 Å². The van der Waals surface area contributed by atoms with Crippen molar-refractivity contribution in [2.45, 2.75) is 38.5 Å². The fourth-order valence-electron chi connectivity index (χ4n) is 3.18. The Kier molecular flexibility index (Phi) is 4.84. The van der Waals surface area contributed by atoms with Gasteiger partial charge in [-0.1, -0.05) is 62.7 Å². The first-order chi connectivity index (χ1) is 9.76. The molecule has 0 heterocycles. The third kappa shape index (κ3) is 2.72. The Morgan fingerprint density at radius 1 is 0.850 bits per heavy atom. The van der Waals surface area contributed by atoms with Crippen LogP contribution in [0.2, 0.25) is 0 Å². The molecule has 1 heteroatoms. The molecule has 1 atom stereocenters. The fourth-order valence-corrected chi connectivity index (χ4v) is 3.18. The van der Waals surface area contributed by atoms with Crippen LogP contribution in [0, 0.1) is 0 Å². The van der Waals surface area contributed by atoms with E-state index >= 15 is 0 Å². The summed E-state index contributed by atoms with van der Waals surface area (Å²) >= 11 is 0. The largest absolute Gasteiger partial charge is 0.388 e. The van der Waals surface area contributed by atoms with Crippen molar-refractivity contribution in [2.75, 3.05) is 12.4 Å². The maximum atomic E-state index is 3.20. The van der Waals surface area contributed by atoms with E-state index in [-0.39, 0.29) is 5.41 Å². The first-order valence-corrected chi connectivity index (χ1v) is 7.60. The molecule has 2 rings (SSSR count). The van der Waals surface area contributed by atoms with E-state index in [0.29, 0.717) is 0 Å². The molecule has 0 aliphatic carbocycles. The van der Waals surface area contributed by atoms with Crippen LogP contribution in [0.5, 0.6) is 0 Å². The SMILES string of the molecule is CCCC(CC)(c1ccccc1)c1ccc(NC)cc1. The summed E-state index contributed by atoms with van der Waals surface area (Å²) in [5.41, 5.74) is 4.17. The van der Waals surface area contributed by atoms with Gasteiger partial charge in [-0.15, -0.1) is 0 Å². The summed E-state index contributed by atoms with van der Waals surface area (Å²) in [6.07, 6.45) is 3.51. The Morgan fingerprint density at radius 2 is 1.45 bits per heavy atom. The van der Waals surface area contributed by atoms with Gasteiger partial charge in [0.05, 0.1) is 0 Å². The van der Waals surface area contributed by atoms with Gasteiger partial charge in [0.25, 0.3) is 0 Å². The molecule has 0 saturated carbocycles. The summed E-state index contributed by atoms with van der Waals surface area (Å²) in [5.74, 6) is 0. The summed E-state index contributed by atoms with van der Waals surface area (Å²) in [6, 6.07) is 19.8. The number of benzene rings is 2. The molecular weight excluding hydrogens is 242 g/mol. The van der Waals surface area contributed by atoms with Crippen molar-refractivity contribution in [2.24, 2.45) is 0 Å². The lowest BCUT2D eigenvalue weighted by Crippen LogP contribution is -2.26. The van der Waals surface area contributed by atoms with Crippen LogP contribution in [0.1, 0.15) is 44.2 Å². The zero-order chi connectivity index (χ0) is 14.4. The number of nitrogens with one attached hydrogen (secondary N) is 1. The lowest BCUT2D eigenvalue weighted by molar-refractivity contribution is 0.450. The van der Waals surface area contributed by atoms with Crippen molar-refractivity contribution in [3.05, 3.63) is 65.7 Å². The number of hydrogen-bond donors (Lipinski definition) is 1. The van der Waals surface area contributed by atoms with Crippen LogP contribution in [0.25, 0.3) is 0 Å². The van der Waals surface area contributed by atoms with Crippen LogP contribution in [-0.4, -0.2) is 7.05 Å². The minimum Gasteiger partial charge on any atom is -0.388 e. The van der Waals surface area contributed by atoms with Crippen molar-refractivity contribution in [1.29, 1.82) is 0 Å². The summed E-state index contributed by atoms with van der Waals surface area (Å²) in [4.78, 5) is 0. The molecule has 106 valence electrons. The molecule has 0 aliphatic heterocycles. The van der Waals surface area contributed by atoms with Gasteiger partial charge in [-0.2, -0.15) is 0 Å². The molecular formula is C19H25N. The summed E-state index contributed by atoms with van der Waals surface area (Å²) in [5, 5.41) is 3.20. The molecule has 2 aromatic rings. The number of hydrogen-bond acceptors (Lipinski definition) is 1. The van der Waals surface area contributed by atoms with Crippen LogP contribution in [-0.2, 0) is 5.41 Å². The van der Waals surface area contributed by atoms with Crippen LogP contribution in [0.4, 0.5) is 5.69 Å². The average molecular weight is 267 g/mol. The van der Waals surface area contributed by atoms with Gasteiger partial charge in [-0.05, 0) is 36.1 Å². The van der Waals surface area contributed by atoms with Gasteiger partial charge in [0.15, 0.2) is 0 Å². The van der Waals surface area contributed by atoms with Gasteiger partial charge in [-0.25, -0.2) is 0 Å². The van der Waals surface area contributed by atoms with Gasteiger partial charge in [0.1, 0.15) is 0 Å². The van der Waals surface area contributed by atoms with E-state index in [1.807, 2.05) is 7.05 Å². The Labute approximate surface area is 123 Å². The monoisotopic (exact) mass is 267 g/mol. The second-order valence-electron chi connectivity index (χ2n) is 5.38. The predicted octanol–water partition coefficient (Wildman–Crippen LogP) is 5.22. The van der Waals surface area contributed by atoms with E-state index in [4.69, 9.17) is 0 Å². The lowest BCUT2D eigenvalue weighted by atomic mass is 9.69. The molecule has 0 fully saturated rings. The van der Waals surface area contributed by atoms with Gasteiger partial charge in [0, 0.05) is 18.2 Å². The molecule has 0 spiro atoms. The van der Waals surface area contributed by atoms with Crippen molar-refractivity contribution in [1.82, 2.24) is 0 Å². The molecule has 1 N–H and O–H groups in total. The molecule has 0 saturated heterocycles. The smallest absolute Gasteiger partial charge is 0.0337 e. The van der Waals surface area contributed by atoms with Crippen molar-refractivity contribution in [3.63, 3.8) is 0 Å². The Hall–Kier alpha value is -1.76. The molecule has 0 aliphatic rings. The quantitative estimate of drug-likeness (QED) is 0.756. The third-order valence-corrected chi connectivity index (χ3v) is 4.33. The number of anilines is 1. The molecule has 0 amide bonds. The first-order valence-electron chi connectivity index (χ1n) is 7.60. The first kappa shape index (κ1) is 14.6. The van der Waals surface area contributed by atoms with Crippen molar-refractivity contribution >= 4 is 5.69 Å². The van der Waals surface area contributed by atoms with Crippen LogP contribution in [0.15, 0.2) is 54.6 Å². The molecule has 0 aromatic heterocycles. The molecule has 0 radical (unpaired) electrons. The Bertz CT molecular complexity index is 515. The van der Waals surface area contributed by atoms with Crippen molar-refractivity contribution in [3.8, 4) is 0 Å². The summed E-state index contributed by atoms with van der Waals surface area (Å²) in [6.45, 7) is 4.57. The van der Waals surface area contributed by atoms with E-state index in [2.05, 4.69) is 73.8 Å². The molecule has 1 unspecified atom stereocenters. The maximum absolute atomic E-state index is 3.20. The highest BCUT2D eigenvalue weighted by atomic mass is 14.8. The van der Waals surface area contributed by atoms with Gasteiger partial charge in [-0.3, -0.25) is 0 Å². The third-order valence-electron chi connectivity index (χ3n) is 4.33. The zero-order valence-corrected chi connectivity index (χ0v) is 12.8. The van der Waals surface area contributed by atoms with E-state index in [1.165, 1.54) is 29.7 Å². The van der Waals surface area contributed by atoms with Crippen LogP contribution < -0.4 is 5.32 Å². The van der Waals surface area contributed by atoms with E-state index in [0.717, 1.165) is 6.42 Å². The average Bonchev–Trinajstić information content (AvgIpc) is 2.54. The highest BCUT2D eigenvalue weighted by molar-refractivity contribution is 5.48. The van der Waals surface area contributed by atoms with Crippen molar-refractivity contribution < 1.29 is 0 Å². The minimum absolute atomic E-state index is 0.141. The second-order valence-corrected chi connectivity index (χ2v) is 5.38. The molecule has 20 heavy (non-hydrogen) atoms. The van der Waals surface area contributed by atoms with E-state index < -0.39 is 0 Å². The minimum atomic E-state index is 0.141.